The van der Waals surface area contributed by atoms with Crippen LogP contribution >= 0.6 is 11.3 Å². The lowest BCUT2D eigenvalue weighted by Crippen LogP contribution is -2.51. The summed E-state index contributed by atoms with van der Waals surface area (Å²) in [6, 6.07) is 5.57. The van der Waals surface area contributed by atoms with Gasteiger partial charge in [-0.15, -0.1) is 11.3 Å². The summed E-state index contributed by atoms with van der Waals surface area (Å²) in [6.07, 6.45) is -0.172. The van der Waals surface area contributed by atoms with Crippen molar-refractivity contribution >= 4 is 43.1 Å². The van der Waals surface area contributed by atoms with E-state index in [1.807, 2.05) is 0 Å². The van der Waals surface area contributed by atoms with Gasteiger partial charge in [0.1, 0.15) is 21.9 Å². The molecule has 8 nitrogen and oxygen atoms in total. The number of hydrogen-bond donors (Lipinski definition) is 1. The van der Waals surface area contributed by atoms with E-state index in [-0.39, 0.29) is 16.4 Å². The topological polar surface area (TPSA) is 103 Å². The first-order valence-corrected chi connectivity index (χ1v) is 17.4. The molecule has 2 heterocycles. The van der Waals surface area contributed by atoms with E-state index >= 15 is 0 Å². The second-order valence-corrected chi connectivity index (χ2v) is 18.9. The number of alkyl halides is 3. The van der Waals surface area contributed by atoms with E-state index in [0.29, 0.717) is 5.56 Å². The molecule has 42 heavy (non-hydrogen) atoms. The molecular formula is C29H38F3N5O3SSi. The van der Waals surface area contributed by atoms with E-state index in [1.165, 1.54) is 17.4 Å². The number of rotatable bonds is 6. The third-order valence-electron chi connectivity index (χ3n) is 7.51. The number of nitrogen functional groups attached to an aromatic ring is 1. The summed E-state index contributed by atoms with van der Waals surface area (Å²) < 4.78 is 52.9. The van der Waals surface area contributed by atoms with Gasteiger partial charge in [0.05, 0.1) is 10.6 Å². The molecule has 0 spiro atoms. The molecule has 1 fully saturated rings. The Labute approximate surface area is 249 Å². The molecule has 1 aliphatic carbocycles. The van der Waals surface area contributed by atoms with Crippen LogP contribution in [-0.4, -0.2) is 35.0 Å². The van der Waals surface area contributed by atoms with Gasteiger partial charge in [-0.25, -0.2) is 24.6 Å². The Kier molecular flexibility index (Phi) is 8.28. The predicted molar refractivity (Wildman–Crippen MR) is 161 cm³/mol. The molecule has 2 aromatic heterocycles. The van der Waals surface area contributed by atoms with Gasteiger partial charge in [0, 0.05) is 18.1 Å². The lowest BCUT2D eigenvalue weighted by Gasteiger charge is -2.49. The van der Waals surface area contributed by atoms with Crippen molar-refractivity contribution in [2.45, 2.75) is 96.3 Å². The van der Waals surface area contributed by atoms with Crippen LogP contribution in [0.3, 0.4) is 0 Å². The second-order valence-electron chi connectivity index (χ2n) is 13.1. The van der Waals surface area contributed by atoms with Crippen molar-refractivity contribution < 1.29 is 27.1 Å². The highest BCUT2D eigenvalue weighted by Gasteiger charge is 2.50. The molecule has 1 saturated carbocycles. The number of nitrogens with two attached hydrogens (primary N) is 1. The average Bonchev–Trinajstić information content (AvgIpc) is 3.30. The molecule has 13 heteroatoms. The fourth-order valence-corrected chi connectivity index (χ4v) is 6.99. The van der Waals surface area contributed by atoms with Crippen molar-refractivity contribution in [1.82, 2.24) is 15.0 Å². The number of benzene rings is 1. The molecule has 4 rings (SSSR count). The van der Waals surface area contributed by atoms with Gasteiger partial charge in [-0.1, -0.05) is 20.8 Å². The maximum absolute atomic E-state index is 13.5. The first-order valence-electron chi connectivity index (χ1n) is 13.7. The molecule has 0 bridgehead atoms. The quantitative estimate of drug-likeness (QED) is 0.217. The molecule has 0 radical (unpaired) electrons. The summed E-state index contributed by atoms with van der Waals surface area (Å²) in [7, 11) is -2.09. The standard InChI is InChI=1S/C29H38F3N5O3SSi/c1-26(2,3)39-25(38)37(24-34-13-10-22(36-24)29(30,31)32)20-15-18(14-19(33)16-20)21-17-35-23(41-21)28(11-9-12-28)40-42(7,8)27(4,5)6/h10,13-17H,9,11-12,33H2,1-8H3. The third-order valence-corrected chi connectivity index (χ3v) is 13.3. The van der Waals surface area contributed by atoms with E-state index in [1.54, 1.807) is 39.1 Å². The minimum atomic E-state index is -4.73. The number of thiazole rings is 1. The highest BCUT2D eigenvalue weighted by atomic mass is 32.1. The van der Waals surface area contributed by atoms with Gasteiger partial charge in [-0.05, 0) is 88.0 Å². The minimum absolute atomic E-state index is 0.0368. The summed E-state index contributed by atoms with van der Waals surface area (Å²) in [4.78, 5) is 27.4. The highest BCUT2D eigenvalue weighted by molar-refractivity contribution is 7.15. The normalized spacial score (nSPS) is 15.7. The molecular weight excluding hydrogens is 583 g/mol. The summed E-state index contributed by atoms with van der Waals surface area (Å²) in [5.41, 5.74) is 4.78. The Morgan fingerprint density at radius 3 is 2.29 bits per heavy atom. The summed E-state index contributed by atoms with van der Waals surface area (Å²) in [5.74, 6) is -0.489. The number of hydrogen-bond acceptors (Lipinski definition) is 8. The number of ether oxygens (including phenoxy) is 1. The Hall–Kier alpha value is -3.03. The van der Waals surface area contributed by atoms with Gasteiger partial charge < -0.3 is 14.9 Å². The molecule has 2 N–H and O–H groups in total. The molecule has 0 atom stereocenters. The van der Waals surface area contributed by atoms with Crippen molar-refractivity contribution in [2.24, 2.45) is 0 Å². The van der Waals surface area contributed by atoms with Gasteiger partial charge in [0.2, 0.25) is 5.95 Å². The third kappa shape index (κ3) is 6.78. The van der Waals surface area contributed by atoms with Crippen molar-refractivity contribution in [2.75, 3.05) is 10.6 Å². The van der Waals surface area contributed by atoms with Crippen molar-refractivity contribution in [1.29, 1.82) is 0 Å². The van der Waals surface area contributed by atoms with Crippen molar-refractivity contribution in [3.63, 3.8) is 0 Å². The Bertz CT molecular complexity index is 1460. The second kappa shape index (κ2) is 10.9. The van der Waals surface area contributed by atoms with Crippen LogP contribution in [0.5, 0.6) is 0 Å². The number of carbonyl (C=O) groups excluding carboxylic acids is 1. The number of halogens is 3. The fourth-order valence-electron chi connectivity index (χ4n) is 4.25. The van der Waals surface area contributed by atoms with Crippen LogP contribution in [0, 0.1) is 0 Å². The van der Waals surface area contributed by atoms with E-state index in [9.17, 15) is 18.0 Å². The molecule has 228 valence electrons. The van der Waals surface area contributed by atoms with Gasteiger partial charge >= 0.3 is 12.3 Å². The minimum Gasteiger partial charge on any atom is -0.443 e. The molecule has 3 aromatic rings. The molecule has 1 aliphatic rings. The largest absolute Gasteiger partial charge is 0.443 e. The monoisotopic (exact) mass is 621 g/mol. The Morgan fingerprint density at radius 2 is 1.74 bits per heavy atom. The zero-order valence-electron chi connectivity index (χ0n) is 25.2. The summed E-state index contributed by atoms with van der Waals surface area (Å²) >= 11 is 1.49. The number of amides is 1. The van der Waals surface area contributed by atoms with E-state index in [0.717, 1.165) is 46.3 Å². The molecule has 0 unspecified atom stereocenters. The lowest BCUT2D eigenvalue weighted by molar-refractivity contribution is -0.141. The average molecular weight is 622 g/mol. The Balaban J connectivity index is 1.76. The summed E-state index contributed by atoms with van der Waals surface area (Å²) in [5, 5.41) is 0.914. The molecule has 0 saturated heterocycles. The Morgan fingerprint density at radius 1 is 1.07 bits per heavy atom. The SMILES string of the molecule is CC(C)(C)OC(=O)N(c1cc(N)cc(-c2cnc(C3(O[Si](C)(C)C(C)(C)C)CCC3)s2)c1)c1nccc(C(F)(F)F)n1. The van der Waals surface area contributed by atoms with Gasteiger partial charge in [-0.3, -0.25) is 0 Å². The van der Waals surface area contributed by atoms with Crippen LogP contribution in [-0.2, 0) is 20.9 Å². The predicted octanol–water partition coefficient (Wildman–Crippen LogP) is 8.68. The zero-order chi connectivity index (χ0) is 31.3. The summed E-state index contributed by atoms with van der Waals surface area (Å²) in [6.45, 7) is 16.0. The van der Waals surface area contributed by atoms with Gasteiger partial charge in [-0.2, -0.15) is 13.2 Å². The smallest absolute Gasteiger partial charge is 0.433 e. The zero-order valence-corrected chi connectivity index (χ0v) is 27.0. The van der Waals surface area contributed by atoms with E-state index in [4.69, 9.17) is 19.9 Å². The van der Waals surface area contributed by atoms with Gasteiger partial charge in [0.15, 0.2) is 8.32 Å². The number of anilines is 3. The van der Waals surface area contributed by atoms with Crippen LogP contribution in [0.25, 0.3) is 10.4 Å². The maximum atomic E-state index is 13.5. The van der Waals surface area contributed by atoms with Crippen LogP contribution in [0.2, 0.25) is 18.1 Å². The van der Waals surface area contributed by atoms with Crippen LogP contribution in [0.15, 0.2) is 36.7 Å². The number of nitrogens with zero attached hydrogens (tertiary/aromatic N) is 4. The first-order chi connectivity index (χ1) is 19.2. The molecule has 1 aromatic carbocycles. The number of aromatic nitrogens is 3. The maximum Gasteiger partial charge on any atom is 0.433 e. The fraction of sp³-hybridized carbons (Fsp3) is 0.517. The van der Waals surface area contributed by atoms with E-state index in [2.05, 4.69) is 43.8 Å². The van der Waals surface area contributed by atoms with Crippen LogP contribution in [0.1, 0.15) is 71.5 Å². The van der Waals surface area contributed by atoms with E-state index < -0.39 is 43.4 Å². The number of carbonyl (C=O) groups is 1. The van der Waals surface area contributed by atoms with Gasteiger partial charge in [0.25, 0.3) is 0 Å². The van der Waals surface area contributed by atoms with Crippen molar-refractivity contribution in [3.8, 4) is 10.4 Å². The lowest BCUT2D eigenvalue weighted by atomic mass is 9.81. The van der Waals surface area contributed by atoms with Crippen LogP contribution in [0.4, 0.5) is 35.3 Å². The first kappa shape index (κ1) is 31.9. The molecule has 0 aliphatic heterocycles. The molecule has 1 amide bonds. The highest BCUT2D eigenvalue weighted by Crippen LogP contribution is 2.52. The van der Waals surface area contributed by atoms with Crippen LogP contribution < -0.4 is 10.6 Å². The van der Waals surface area contributed by atoms with Crippen molar-refractivity contribution in [3.05, 3.63) is 47.4 Å².